The Hall–Kier alpha value is -7.76. The van der Waals surface area contributed by atoms with E-state index in [2.05, 4.69) is 44.9 Å². The first-order chi connectivity index (χ1) is 40.7. The number of carbonyl (C=O) groups excluding carboxylic acids is 4. The lowest BCUT2D eigenvalue weighted by Gasteiger charge is -2.37. The molecule has 0 radical (unpaired) electrons. The molecule has 6 aromatic carbocycles. The highest BCUT2D eigenvalue weighted by molar-refractivity contribution is 6.33. The number of ether oxygens (including phenoxy) is 4. The van der Waals surface area contributed by atoms with Crippen LogP contribution in [0.2, 0.25) is 0 Å². The largest absolute Gasteiger partial charge is 0.467 e. The van der Waals surface area contributed by atoms with E-state index < -0.39 is 59.1 Å². The van der Waals surface area contributed by atoms with Gasteiger partial charge in [0.15, 0.2) is 11.4 Å². The number of hydrogen-bond acceptors (Lipinski definition) is 10. The normalized spacial score (nSPS) is 26.7. The molecule has 9 atom stereocenters. The van der Waals surface area contributed by atoms with Crippen molar-refractivity contribution in [3.8, 4) is 0 Å². The van der Waals surface area contributed by atoms with Crippen LogP contribution in [0.3, 0.4) is 0 Å². The van der Waals surface area contributed by atoms with Gasteiger partial charge < -0.3 is 58.1 Å². The van der Waals surface area contributed by atoms with Gasteiger partial charge in [-0.15, -0.1) is 0 Å². The molecule has 16 nitrogen and oxygen atoms in total. The number of fused-ring (bicyclic) bond motifs is 26. The van der Waals surface area contributed by atoms with Crippen LogP contribution < -0.4 is 10.6 Å². The lowest BCUT2D eigenvalue weighted by Crippen LogP contribution is -2.56. The first-order valence-electron chi connectivity index (χ1n) is 30.4. The van der Waals surface area contributed by atoms with E-state index in [4.69, 9.17) is 18.9 Å². The van der Waals surface area contributed by atoms with Crippen molar-refractivity contribution in [3.05, 3.63) is 119 Å². The Labute approximate surface area is 483 Å². The van der Waals surface area contributed by atoms with Crippen LogP contribution in [0.4, 0.5) is 0 Å². The van der Waals surface area contributed by atoms with Crippen LogP contribution in [0, 0.1) is 5.92 Å². The molecule has 6 aliphatic heterocycles. The quantitative estimate of drug-likeness (QED) is 0.0535. The molecule has 2 amide bonds. The highest BCUT2D eigenvalue weighted by atomic mass is 16.6. The molecule has 0 saturated carbocycles. The standard InChI is InChI=1S/C68H68N6O10/c1-6-7-8-9-10-11-12-13-23-36(56-53-49-40-28-17-21-33-45(40)74-60(49)58-51(55(53)62(76)70-56)38-26-15-19-31-43(38)72(58)47-35-68(80,64(78)82-5)66(74,3)84-47)24-22-29-41-52-48-39-27-16-20-32-44(39)73-59(48)57-50(54(52)61(75)69-41)37-25-14-18-30-42(37)71(57)46-34-67(79,63(77)81-4)65(73,2)83-46/h14-21,25-28,30-33,36,41,46-47,56,79-80H,6-13,22-24,29,34-35H2,1-5H3,(H,69,75)(H,70,76)/t36?,41-,46-,47-,56-,65+,66+,67-,68-/m0/s1. The van der Waals surface area contributed by atoms with E-state index in [1.54, 1.807) is 13.8 Å². The minimum atomic E-state index is -2.08. The summed E-state index contributed by atoms with van der Waals surface area (Å²) in [5, 5.41) is 39.7. The molecule has 0 spiro atoms. The molecule has 4 bridgehead atoms. The van der Waals surface area contributed by atoms with E-state index in [0.29, 0.717) is 24.0 Å². The van der Waals surface area contributed by atoms with Gasteiger partial charge in [-0.2, -0.15) is 0 Å². The maximum Gasteiger partial charge on any atom is 0.343 e. The molecule has 10 heterocycles. The summed E-state index contributed by atoms with van der Waals surface area (Å²) >= 11 is 0. The van der Waals surface area contributed by atoms with E-state index in [-0.39, 0.29) is 30.6 Å². The van der Waals surface area contributed by atoms with Gasteiger partial charge in [0.25, 0.3) is 11.8 Å². The van der Waals surface area contributed by atoms with Gasteiger partial charge in [-0.3, -0.25) is 9.59 Å². The number of carbonyl (C=O) groups is 4. The Morgan fingerprint density at radius 1 is 0.560 bits per heavy atom. The van der Waals surface area contributed by atoms with Gasteiger partial charge in [0, 0.05) is 55.9 Å². The van der Waals surface area contributed by atoms with Crippen LogP contribution >= 0.6 is 0 Å². The number of esters is 2. The predicted octanol–water partition coefficient (Wildman–Crippen LogP) is 12.7. The third-order valence-electron chi connectivity index (χ3n) is 21.0. The van der Waals surface area contributed by atoms with Crippen molar-refractivity contribution in [1.29, 1.82) is 0 Å². The number of rotatable bonds is 16. The second-order valence-electron chi connectivity index (χ2n) is 25.1. The summed E-state index contributed by atoms with van der Waals surface area (Å²) in [6.45, 7) is 5.81. The Bertz CT molecular complexity index is 4570. The highest BCUT2D eigenvalue weighted by Crippen LogP contribution is 2.61. The van der Waals surface area contributed by atoms with Crippen molar-refractivity contribution < 1.29 is 48.3 Å². The number of aliphatic hydroxyl groups is 2. The molecule has 10 aromatic rings. The first kappa shape index (κ1) is 51.8. The van der Waals surface area contributed by atoms with Gasteiger partial charge in [-0.1, -0.05) is 138 Å². The zero-order chi connectivity index (χ0) is 57.5. The zero-order valence-corrected chi connectivity index (χ0v) is 48.0. The van der Waals surface area contributed by atoms with Gasteiger partial charge in [-0.05, 0) is 74.4 Å². The number of para-hydroxylation sites is 4. The van der Waals surface area contributed by atoms with E-state index in [0.717, 1.165) is 130 Å². The highest BCUT2D eigenvalue weighted by Gasteiger charge is 2.67. The molecule has 4 N–H and O–H groups in total. The Morgan fingerprint density at radius 2 is 0.976 bits per heavy atom. The number of hydrogen-bond donors (Lipinski definition) is 4. The Morgan fingerprint density at radius 3 is 1.48 bits per heavy atom. The molecule has 0 aliphatic carbocycles. The Kier molecular flexibility index (Phi) is 11.2. The third kappa shape index (κ3) is 6.36. The maximum atomic E-state index is 15.4. The number of nitrogens with one attached hydrogen (secondary N) is 2. The number of aromatic nitrogens is 4. The average Bonchev–Trinajstić information content (AvgIpc) is 1.62. The zero-order valence-electron chi connectivity index (χ0n) is 48.0. The summed E-state index contributed by atoms with van der Waals surface area (Å²) in [6, 6.07) is 31.3. The fourth-order valence-electron chi connectivity index (χ4n) is 17.2. The van der Waals surface area contributed by atoms with E-state index >= 15 is 9.59 Å². The molecule has 84 heavy (non-hydrogen) atoms. The van der Waals surface area contributed by atoms with Gasteiger partial charge in [-0.25, -0.2) is 9.59 Å². The van der Waals surface area contributed by atoms with Crippen molar-refractivity contribution in [2.75, 3.05) is 14.2 Å². The minimum absolute atomic E-state index is 0.0384. The van der Waals surface area contributed by atoms with Gasteiger partial charge in [0.05, 0.1) is 81.6 Å². The summed E-state index contributed by atoms with van der Waals surface area (Å²) in [4.78, 5) is 58.6. The number of unbranched alkanes of at least 4 members (excludes halogenated alkanes) is 7. The van der Waals surface area contributed by atoms with E-state index in [1.165, 1.54) is 46.3 Å². The van der Waals surface area contributed by atoms with Crippen molar-refractivity contribution in [1.82, 2.24) is 28.9 Å². The lowest BCUT2D eigenvalue weighted by atomic mass is 9.82. The second kappa shape index (κ2) is 18.1. The monoisotopic (exact) mass is 1130 g/mol. The van der Waals surface area contributed by atoms with Crippen LogP contribution in [-0.4, -0.2) is 77.7 Å². The summed E-state index contributed by atoms with van der Waals surface area (Å²) in [6.07, 6.45) is 10.4. The molecule has 4 aromatic heterocycles. The molecule has 1 unspecified atom stereocenters. The van der Waals surface area contributed by atoms with Crippen LogP contribution in [0.5, 0.6) is 0 Å². The molecule has 430 valence electrons. The molecule has 6 aliphatic rings. The van der Waals surface area contributed by atoms with Crippen LogP contribution in [0.25, 0.3) is 87.2 Å². The third-order valence-corrected chi connectivity index (χ3v) is 21.0. The number of methoxy groups -OCH3 is 2. The van der Waals surface area contributed by atoms with Crippen molar-refractivity contribution >= 4 is 111 Å². The first-order valence-corrected chi connectivity index (χ1v) is 30.4. The van der Waals surface area contributed by atoms with Crippen molar-refractivity contribution in [2.45, 2.75) is 158 Å². The average molecular weight is 1130 g/mol. The molecular formula is C68H68N6O10. The van der Waals surface area contributed by atoms with Crippen LogP contribution in [0.1, 0.15) is 167 Å². The molecule has 2 fully saturated rings. The van der Waals surface area contributed by atoms with Gasteiger partial charge in [0.1, 0.15) is 12.5 Å². The fourth-order valence-corrected chi connectivity index (χ4v) is 17.2. The molecule has 2 saturated heterocycles. The van der Waals surface area contributed by atoms with E-state index in [9.17, 15) is 19.8 Å². The van der Waals surface area contributed by atoms with Crippen LogP contribution in [-0.2, 0) is 40.0 Å². The summed E-state index contributed by atoms with van der Waals surface area (Å²) in [7, 11) is 2.59. The molecule has 16 heteroatoms. The number of benzene rings is 6. The molecular weight excluding hydrogens is 1060 g/mol. The van der Waals surface area contributed by atoms with Crippen LogP contribution in [0.15, 0.2) is 97.1 Å². The summed E-state index contributed by atoms with van der Waals surface area (Å²) in [5.74, 6) is -1.88. The summed E-state index contributed by atoms with van der Waals surface area (Å²) < 4.78 is 33.1. The topological polar surface area (TPSA) is 189 Å². The van der Waals surface area contributed by atoms with Crippen molar-refractivity contribution in [3.63, 3.8) is 0 Å². The smallest absolute Gasteiger partial charge is 0.343 e. The number of nitrogens with zero attached hydrogens (tertiary/aromatic N) is 4. The SMILES string of the molecule is CCCCCCCCCCC(CCC[C@@H]1NC(=O)c2c1c1c3ccccc3n3c1c1c2c2ccccc2n1[C@@H]1C[C@](O)(C(=O)OC)[C@@]3(C)O1)[C@@H]1NC(=O)c2c1c1c3ccccc3n3c1c1c2c2ccccc2n1[C@@H]1C[C@](O)(C(=O)OC)[C@@]3(C)O1. The minimum Gasteiger partial charge on any atom is -0.467 e. The molecule has 16 rings (SSSR count). The van der Waals surface area contributed by atoms with Gasteiger partial charge in [0.2, 0.25) is 11.2 Å². The Balaban J connectivity index is 0.856. The van der Waals surface area contributed by atoms with Gasteiger partial charge >= 0.3 is 11.9 Å². The number of amides is 2. The fraction of sp³-hybridized carbons (Fsp3) is 0.412. The lowest BCUT2D eigenvalue weighted by molar-refractivity contribution is -0.203. The van der Waals surface area contributed by atoms with Crippen molar-refractivity contribution in [2.24, 2.45) is 5.92 Å². The maximum absolute atomic E-state index is 15.4. The second-order valence-corrected chi connectivity index (χ2v) is 25.1. The predicted molar refractivity (Wildman–Crippen MR) is 321 cm³/mol. The summed E-state index contributed by atoms with van der Waals surface area (Å²) in [5.41, 5.74) is 2.14. The van der Waals surface area contributed by atoms with E-state index in [1.807, 2.05) is 88.0 Å².